The normalized spacial score (nSPS) is 21.0. The minimum atomic E-state index is 0.782. The van der Waals surface area contributed by atoms with Crippen LogP contribution in [0.3, 0.4) is 0 Å². The van der Waals surface area contributed by atoms with Crippen molar-refractivity contribution in [3.8, 4) is 0 Å². The Morgan fingerprint density at radius 1 is 1.50 bits per heavy atom. The molecule has 0 aromatic heterocycles. The smallest absolute Gasteiger partial charge is 0.0544 e. The van der Waals surface area contributed by atoms with Crippen molar-refractivity contribution in [3.63, 3.8) is 0 Å². The lowest BCUT2D eigenvalue weighted by Crippen LogP contribution is -2.30. The standard InChI is InChI=1S/C13H18ClNS/c1-16-13-5-4-10(8-12(13)14)7-11-3-2-6-15-9-11/h4-5,8,11,15H,2-3,6-7,9H2,1H3. The molecule has 2 rings (SSSR count). The van der Waals surface area contributed by atoms with E-state index in [0.29, 0.717) is 0 Å². The van der Waals surface area contributed by atoms with Crippen molar-refractivity contribution >= 4 is 23.4 Å². The van der Waals surface area contributed by atoms with E-state index in [2.05, 4.69) is 29.8 Å². The van der Waals surface area contributed by atoms with Crippen LogP contribution in [0.25, 0.3) is 0 Å². The molecule has 0 saturated carbocycles. The fourth-order valence-electron chi connectivity index (χ4n) is 2.27. The van der Waals surface area contributed by atoms with Gasteiger partial charge in [-0.15, -0.1) is 11.8 Å². The Bertz CT molecular complexity index is 348. The van der Waals surface area contributed by atoms with Gasteiger partial charge in [0.05, 0.1) is 5.02 Å². The molecule has 16 heavy (non-hydrogen) atoms. The Kier molecular flexibility index (Phi) is 4.56. The molecule has 1 saturated heterocycles. The van der Waals surface area contributed by atoms with E-state index in [4.69, 9.17) is 11.6 Å². The van der Waals surface area contributed by atoms with Gasteiger partial charge in [0.15, 0.2) is 0 Å². The summed E-state index contributed by atoms with van der Waals surface area (Å²) in [5.41, 5.74) is 1.37. The maximum Gasteiger partial charge on any atom is 0.0544 e. The SMILES string of the molecule is CSc1ccc(CC2CCCNC2)cc1Cl. The Morgan fingerprint density at radius 2 is 2.38 bits per heavy atom. The lowest BCUT2D eigenvalue weighted by atomic mass is 9.92. The molecule has 0 radical (unpaired) electrons. The Hall–Kier alpha value is -0.180. The minimum Gasteiger partial charge on any atom is -0.316 e. The first-order chi connectivity index (χ1) is 7.79. The molecule has 1 aromatic rings. The Labute approximate surface area is 107 Å². The molecule has 1 N–H and O–H groups in total. The van der Waals surface area contributed by atoms with E-state index in [1.54, 1.807) is 11.8 Å². The van der Waals surface area contributed by atoms with Crippen molar-refractivity contribution in [3.05, 3.63) is 28.8 Å². The fraction of sp³-hybridized carbons (Fsp3) is 0.538. The topological polar surface area (TPSA) is 12.0 Å². The van der Waals surface area contributed by atoms with Gasteiger partial charge >= 0.3 is 0 Å². The third kappa shape index (κ3) is 3.16. The summed E-state index contributed by atoms with van der Waals surface area (Å²) in [4.78, 5) is 1.17. The molecule has 1 aliphatic heterocycles. The fourth-order valence-corrected chi connectivity index (χ4v) is 3.16. The largest absolute Gasteiger partial charge is 0.316 e. The third-order valence-electron chi connectivity index (χ3n) is 3.14. The number of piperidine rings is 1. The highest BCUT2D eigenvalue weighted by Crippen LogP contribution is 2.27. The van der Waals surface area contributed by atoms with Gasteiger partial charge in [0.2, 0.25) is 0 Å². The molecule has 0 bridgehead atoms. The lowest BCUT2D eigenvalue weighted by molar-refractivity contribution is 0.376. The van der Waals surface area contributed by atoms with Crippen molar-refractivity contribution in [2.24, 2.45) is 5.92 Å². The number of nitrogens with one attached hydrogen (secondary N) is 1. The molecular weight excluding hydrogens is 238 g/mol. The van der Waals surface area contributed by atoms with E-state index < -0.39 is 0 Å². The Morgan fingerprint density at radius 3 is 3.00 bits per heavy atom. The first kappa shape index (κ1) is 12.3. The molecule has 0 amide bonds. The number of thioether (sulfide) groups is 1. The highest BCUT2D eigenvalue weighted by molar-refractivity contribution is 7.98. The van der Waals surface area contributed by atoms with Gasteiger partial charge in [-0.25, -0.2) is 0 Å². The molecule has 0 spiro atoms. The molecule has 0 aliphatic carbocycles. The summed E-state index contributed by atoms with van der Waals surface area (Å²) in [6, 6.07) is 6.48. The second-order valence-electron chi connectivity index (χ2n) is 4.39. The Balaban J connectivity index is 2.01. The highest BCUT2D eigenvalue weighted by Gasteiger charge is 2.13. The molecule has 88 valence electrons. The van der Waals surface area contributed by atoms with E-state index in [9.17, 15) is 0 Å². The van der Waals surface area contributed by atoms with E-state index in [-0.39, 0.29) is 0 Å². The number of hydrogen-bond acceptors (Lipinski definition) is 2. The molecular formula is C13H18ClNS. The molecule has 1 atom stereocenters. The average molecular weight is 256 g/mol. The summed E-state index contributed by atoms with van der Waals surface area (Å²) in [6.07, 6.45) is 5.86. The summed E-state index contributed by atoms with van der Waals surface area (Å²) in [5, 5.41) is 4.35. The average Bonchev–Trinajstić information content (AvgIpc) is 2.31. The van der Waals surface area contributed by atoms with Crippen molar-refractivity contribution in [2.75, 3.05) is 19.3 Å². The van der Waals surface area contributed by atoms with Crippen molar-refractivity contribution in [1.29, 1.82) is 0 Å². The zero-order valence-corrected chi connectivity index (χ0v) is 11.2. The lowest BCUT2D eigenvalue weighted by Gasteiger charge is -2.22. The quantitative estimate of drug-likeness (QED) is 0.829. The van der Waals surface area contributed by atoms with Crippen LogP contribution >= 0.6 is 23.4 Å². The first-order valence-corrected chi connectivity index (χ1v) is 7.43. The molecule has 1 aliphatic rings. The van der Waals surface area contributed by atoms with E-state index in [0.717, 1.165) is 23.9 Å². The van der Waals surface area contributed by atoms with Gasteiger partial charge in [-0.2, -0.15) is 0 Å². The van der Waals surface area contributed by atoms with Gasteiger partial charge in [0, 0.05) is 4.90 Å². The van der Waals surface area contributed by atoms with Crippen LogP contribution in [0.2, 0.25) is 5.02 Å². The van der Waals surface area contributed by atoms with E-state index in [1.165, 1.54) is 29.8 Å². The van der Waals surface area contributed by atoms with Gasteiger partial charge in [-0.1, -0.05) is 17.7 Å². The van der Waals surface area contributed by atoms with Gasteiger partial charge in [0.25, 0.3) is 0 Å². The van der Waals surface area contributed by atoms with Gasteiger partial charge < -0.3 is 5.32 Å². The van der Waals surface area contributed by atoms with Crippen molar-refractivity contribution in [2.45, 2.75) is 24.2 Å². The van der Waals surface area contributed by atoms with Crippen LogP contribution in [0.4, 0.5) is 0 Å². The number of hydrogen-bond donors (Lipinski definition) is 1. The monoisotopic (exact) mass is 255 g/mol. The predicted molar refractivity (Wildman–Crippen MR) is 72.5 cm³/mol. The van der Waals surface area contributed by atoms with Crippen LogP contribution in [-0.4, -0.2) is 19.3 Å². The van der Waals surface area contributed by atoms with Crippen molar-refractivity contribution < 1.29 is 0 Å². The minimum absolute atomic E-state index is 0.782. The van der Waals surface area contributed by atoms with Crippen LogP contribution in [0.15, 0.2) is 23.1 Å². The van der Waals surface area contributed by atoms with E-state index in [1.807, 2.05) is 0 Å². The predicted octanol–water partition coefficient (Wildman–Crippen LogP) is 3.60. The number of benzene rings is 1. The van der Waals surface area contributed by atoms with Crippen LogP contribution in [-0.2, 0) is 6.42 Å². The number of rotatable bonds is 3. The van der Waals surface area contributed by atoms with E-state index >= 15 is 0 Å². The summed E-state index contributed by atoms with van der Waals surface area (Å²) in [6.45, 7) is 2.34. The van der Waals surface area contributed by atoms with Crippen LogP contribution in [0, 0.1) is 5.92 Å². The summed E-state index contributed by atoms with van der Waals surface area (Å²) in [5.74, 6) is 0.782. The van der Waals surface area contributed by atoms with Gasteiger partial charge in [-0.05, 0) is 62.2 Å². The number of halogens is 1. The third-order valence-corrected chi connectivity index (χ3v) is 4.36. The molecule has 3 heteroatoms. The van der Waals surface area contributed by atoms with Crippen LogP contribution in [0.5, 0.6) is 0 Å². The first-order valence-electron chi connectivity index (χ1n) is 5.82. The molecule has 1 heterocycles. The zero-order chi connectivity index (χ0) is 11.4. The van der Waals surface area contributed by atoms with Crippen molar-refractivity contribution in [1.82, 2.24) is 5.32 Å². The molecule has 1 fully saturated rings. The second-order valence-corrected chi connectivity index (χ2v) is 5.64. The van der Waals surface area contributed by atoms with Gasteiger partial charge in [-0.3, -0.25) is 0 Å². The van der Waals surface area contributed by atoms with Gasteiger partial charge in [0.1, 0.15) is 0 Å². The van der Waals surface area contributed by atoms with Crippen LogP contribution < -0.4 is 5.32 Å². The molecule has 1 aromatic carbocycles. The zero-order valence-electron chi connectivity index (χ0n) is 9.63. The second kappa shape index (κ2) is 5.95. The molecule has 1 unspecified atom stereocenters. The maximum atomic E-state index is 6.21. The summed E-state index contributed by atoms with van der Waals surface area (Å²) < 4.78 is 0. The summed E-state index contributed by atoms with van der Waals surface area (Å²) in [7, 11) is 0. The highest BCUT2D eigenvalue weighted by atomic mass is 35.5. The molecule has 1 nitrogen and oxygen atoms in total. The summed E-state index contributed by atoms with van der Waals surface area (Å²) >= 11 is 7.92. The van der Waals surface area contributed by atoms with Crippen LogP contribution in [0.1, 0.15) is 18.4 Å². The maximum absolute atomic E-state index is 6.21.